The normalized spacial score (nSPS) is 20.9. The molecule has 0 saturated carbocycles. The number of halogens is 1. The molecule has 9 heteroatoms. The highest BCUT2D eigenvalue weighted by molar-refractivity contribution is 6.29. The predicted octanol–water partition coefficient (Wildman–Crippen LogP) is 3.27. The molecule has 2 fully saturated rings. The van der Waals surface area contributed by atoms with E-state index in [0.29, 0.717) is 10.7 Å². The maximum absolute atomic E-state index is 11.9. The predicted molar refractivity (Wildman–Crippen MR) is 127 cm³/mol. The molecule has 0 spiro atoms. The van der Waals surface area contributed by atoms with Crippen molar-refractivity contribution in [3.05, 3.63) is 52.9 Å². The molecule has 33 heavy (non-hydrogen) atoms. The van der Waals surface area contributed by atoms with E-state index in [0.717, 1.165) is 68.4 Å². The Kier molecular flexibility index (Phi) is 5.99. The fraction of sp³-hybridized carbons (Fsp3) is 0.458. The number of H-pyrrole nitrogens is 1. The average molecular weight is 470 g/mol. The molecule has 2 aliphatic rings. The van der Waals surface area contributed by atoms with Crippen LogP contribution in [0.4, 0.5) is 5.82 Å². The summed E-state index contributed by atoms with van der Waals surface area (Å²) in [6, 6.07) is 11.2. The average Bonchev–Trinajstić information content (AvgIpc) is 3.22. The molecule has 174 valence electrons. The summed E-state index contributed by atoms with van der Waals surface area (Å²) in [5.41, 5.74) is 1.88. The van der Waals surface area contributed by atoms with Crippen LogP contribution in [0.1, 0.15) is 29.5 Å². The summed E-state index contributed by atoms with van der Waals surface area (Å²) in [5, 5.41) is 0.518. The molecule has 3 aromatic rings. The minimum absolute atomic E-state index is 0.103. The van der Waals surface area contributed by atoms with Crippen LogP contribution in [0.25, 0.3) is 11.0 Å². The molecule has 2 aromatic heterocycles. The summed E-state index contributed by atoms with van der Waals surface area (Å²) in [7, 11) is 1.39. The fourth-order valence-electron chi connectivity index (χ4n) is 4.77. The van der Waals surface area contributed by atoms with E-state index < -0.39 is 0 Å². The molecular formula is C24H28ClN5O3. The Morgan fingerprint density at radius 1 is 1.24 bits per heavy atom. The summed E-state index contributed by atoms with van der Waals surface area (Å²) in [4.78, 5) is 29.5. The number of piperazine rings is 1. The molecule has 1 N–H and O–H groups in total. The van der Waals surface area contributed by atoms with Crippen LogP contribution in [-0.2, 0) is 14.9 Å². The van der Waals surface area contributed by atoms with E-state index in [9.17, 15) is 4.79 Å². The minimum atomic E-state index is -0.356. The standard InChI is InChI=1S/C24H28ClN5O3/c1-24(19-8-13-33-19,23-26-17-7-6-16(22(31)32-2)14-18(17)27-23)15-29-9-11-30(12-10-29)21-5-3-4-20(25)28-21/h3-7,14,19H,8-13,15H2,1-2H3,(H,26,27)/t19?,24-/m1/s1. The van der Waals surface area contributed by atoms with Gasteiger partial charge in [-0.2, -0.15) is 0 Å². The molecule has 1 aromatic carbocycles. The van der Waals surface area contributed by atoms with Crippen LogP contribution in [-0.4, -0.2) is 78.4 Å². The summed E-state index contributed by atoms with van der Waals surface area (Å²) in [6.07, 6.45) is 1.11. The van der Waals surface area contributed by atoms with Crippen LogP contribution in [0.5, 0.6) is 0 Å². The topological polar surface area (TPSA) is 83.6 Å². The Labute approximate surface area is 197 Å². The Balaban J connectivity index is 1.35. The zero-order valence-electron chi connectivity index (χ0n) is 18.9. The number of nitrogens with zero attached hydrogens (tertiary/aromatic N) is 4. The second-order valence-corrected chi connectivity index (χ2v) is 9.34. The van der Waals surface area contributed by atoms with Gasteiger partial charge in [0.15, 0.2) is 0 Å². The number of fused-ring (bicyclic) bond motifs is 1. The monoisotopic (exact) mass is 469 g/mol. The highest BCUT2D eigenvalue weighted by Gasteiger charge is 2.44. The molecule has 0 amide bonds. The summed E-state index contributed by atoms with van der Waals surface area (Å²) in [5.74, 6) is 1.46. The van der Waals surface area contributed by atoms with Crippen molar-refractivity contribution in [2.45, 2.75) is 24.9 Å². The Bertz CT molecular complexity index is 1160. The molecule has 2 aliphatic heterocycles. The molecule has 4 heterocycles. The number of ether oxygens (including phenoxy) is 2. The van der Waals surface area contributed by atoms with Gasteiger partial charge in [-0.05, 0) is 43.7 Å². The fourth-order valence-corrected chi connectivity index (χ4v) is 4.92. The highest BCUT2D eigenvalue weighted by atomic mass is 35.5. The molecule has 2 saturated heterocycles. The van der Waals surface area contributed by atoms with Gasteiger partial charge in [-0.1, -0.05) is 17.7 Å². The number of carbonyl (C=O) groups excluding carboxylic acids is 1. The number of benzene rings is 1. The first kappa shape index (κ1) is 22.1. The molecule has 0 radical (unpaired) electrons. The molecule has 2 atom stereocenters. The Hall–Kier alpha value is -2.68. The van der Waals surface area contributed by atoms with E-state index in [1.165, 1.54) is 7.11 Å². The lowest BCUT2D eigenvalue weighted by Crippen LogP contribution is -2.56. The van der Waals surface area contributed by atoms with Crippen LogP contribution in [0, 0.1) is 0 Å². The number of hydrogen-bond acceptors (Lipinski definition) is 7. The number of carbonyl (C=O) groups is 1. The van der Waals surface area contributed by atoms with Crippen LogP contribution < -0.4 is 4.90 Å². The molecule has 0 bridgehead atoms. The van der Waals surface area contributed by atoms with Crippen molar-refractivity contribution in [2.75, 3.05) is 51.3 Å². The maximum atomic E-state index is 11.9. The number of aromatic nitrogens is 3. The number of imidazole rings is 1. The van der Waals surface area contributed by atoms with Gasteiger partial charge in [-0.25, -0.2) is 14.8 Å². The van der Waals surface area contributed by atoms with Gasteiger partial charge >= 0.3 is 5.97 Å². The van der Waals surface area contributed by atoms with E-state index in [1.807, 2.05) is 18.2 Å². The molecular weight excluding hydrogens is 442 g/mol. The SMILES string of the molecule is COC(=O)c1ccc2nc([C@](C)(CN3CCN(c4cccc(Cl)n4)CC3)C3CCO3)[nH]c2c1. The number of anilines is 1. The van der Waals surface area contributed by atoms with Gasteiger partial charge in [0.1, 0.15) is 16.8 Å². The molecule has 5 rings (SSSR count). The summed E-state index contributed by atoms with van der Waals surface area (Å²) < 4.78 is 10.8. The van der Waals surface area contributed by atoms with Crippen molar-refractivity contribution >= 4 is 34.4 Å². The van der Waals surface area contributed by atoms with Gasteiger partial charge < -0.3 is 19.4 Å². The summed E-state index contributed by atoms with van der Waals surface area (Å²) >= 11 is 6.08. The van der Waals surface area contributed by atoms with Crippen molar-refractivity contribution < 1.29 is 14.3 Å². The van der Waals surface area contributed by atoms with E-state index >= 15 is 0 Å². The number of esters is 1. The number of hydrogen-bond donors (Lipinski definition) is 1. The number of aromatic amines is 1. The smallest absolute Gasteiger partial charge is 0.337 e. The minimum Gasteiger partial charge on any atom is -0.465 e. The third kappa shape index (κ3) is 4.30. The van der Waals surface area contributed by atoms with Crippen molar-refractivity contribution in [3.8, 4) is 0 Å². The lowest BCUT2D eigenvalue weighted by atomic mass is 9.79. The lowest BCUT2D eigenvalue weighted by molar-refractivity contribution is -0.102. The number of rotatable bonds is 6. The van der Waals surface area contributed by atoms with Crippen LogP contribution in [0.3, 0.4) is 0 Å². The maximum Gasteiger partial charge on any atom is 0.337 e. The summed E-state index contributed by atoms with van der Waals surface area (Å²) in [6.45, 7) is 7.45. The van der Waals surface area contributed by atoms with Crippen molar-refractivity contribution in [1.29, 1.82) is 0 Å². The van der Waals surface area contributed by atoms with Gasteiger partial charge in [-0.3, -0.25) is 4.90 Å². The van der Waals surface area contributed by atoms with Gasteiger partial charge in [-0.15, -0.1) is 0 Å². The van der Waals surface area contributed by atoms with E-state index in [1.54, 1.807) is 18.2 Å². The third-order valence-corrected chi connectivity index (χ3v) is 7.01. The highest BCUT2D eigenvalue weighted by Crippen LogP contribution is 2.36. The molecule has 1 unspecified atom stereocenters. The number of methoxy groups -OCH3 is 1. The first-order chi connectivity index (χ1) is 16.0. The van der Waals surface area contributed by atoms with Gasteiger partial charge in [0.25, 0.3) is 0 Å². The van der Waals surface area contributed by atoms with E-state index in [4.69, 9.17) is 26.1 Å². The first-order valence-corrected chi connectivity index (χ1v) is 11.6. The second kappa shape index (κ2) is 8.93. The number of nitrogens with one attached hydrogen (secondary N) is 1. The van der Waals surface area contributed by atoms with Crippen LogP contribution >= 0.6 is 11.6 Å². The Morgan fingerprint density at radius 3 is 2.70 bits per heavy atom. The third-order valence-electron chi connectivity index (χ3n) is 6.80. The first-order valence-electron chi connectivity index (χ1n) is 11.3. The number of pyridine rings is 1. The van der Waals surface area contributed by atoms with Crippen molar-refractivity contribution in [2.24, 2.45) is 0 Å². The molecule has 0 aliphatic carbocycles. The second-order valence-electron chi connectivity index (χ2n) is 8.96. The van der Waals surface area contributed by atoms with Crippen molar-refractivity contribution in [1.82, 2.24) is 19.9 Å². The van der Waals surface area contributed by atoms with E-state index in [2.05, 4.69) is 26.7 Å². The van der Waals surface area contributed by atoms with Crippen molar-refractivity contribution in [3.63, 3.8) is 0 Å². The van der Waals surface area contributed by atoms with Gasteiger partial charge in [0, 0.05) is 39.3 Å². The van der Waals surface area contributed by atoms with Gasteiger partial charge in [0.2, 0.25) is 0 Å². The van der Waals surface area contributed by atoms with Crippen LogP contribution in [0.2, 0.25) is 5.15 Å². The lowest BCUT2D eigenvalue weighted by Gasteiger charge is -2.45. The zero-order chi connectivity index (χ0) is 23.0. The largest absolute Gasteiger partial charge is 0.465 e. The zero-order valence-corrected chi connectivity index (χ0v) is 19.6. The Morgan fingerprint density at radius 2 is 2.03 bits per heavy atom. The quantitative estimate of drug-likeness (QED) is 0.438. The van der Waals surface area contributed by atoms with Gasteiger partial charge in [0.05, 0.1) is 35.2 Å². The molecule has 8 nitrogen and oxygen atoms in total. The van der Waals surface area contributed by atoms with Crippen LogP contribution in [0.15, 0.2) is 36.4 Å². The van der Waals surface area contributed by atoms with E-state index in [-0.39, 0.29) is 17.5 Å².